The Hall–Kier alpha value is -2.46. The molecule has 2 aromatic carbocycles. The SMILES string of the molecule is NCc1cc(-n2nccn2)ccc1-c1ccccc1. The summed E-state index contributed by atoms with van der Waals surface area (Å²) in [7, 11) is 0. The van der Waals surface area contributed by atoms with E-state index in [-0.39, 0.29) is 0 Å². The van der Waals surface area contributed by atoms with Crippen molar-refractivity contribution in [1.82, 2.24) is 15.0 Å². The topological polar surface area (TPSA) is 56.7 Å². The standard InChI is InChI=1S/C15H14N4/c16-11-13-10-14(19-17-8-9-18-19)6-7-15(13)12-4-2-1-3-5-12/h1-10H,11,16H2. The minimum atomic E-state index is 0.485. The van der Waals surface area contributed by atoms with Crippen molar-refractivity contribution in [1.29, 1.82) is 0 Å². The number of hydrogen-bond acceptors (Lipinski definition) is 3. The van der Waals surface area contributed by atoms with Crippen LogP contribution < -0.4 is 5.73 Å². The first-order valence-electron chi connectivity index (χ1n) is 6.13. The van der Waals surface area contributed by atoms with Crippen molar-refractivity contribution in [2.45, 2.75) is 6.54 Å². The lowest BCUT2D eigenvalue weighted by Crippen LogP contribution is -2.03. The monoisotopic (exact) mass is 250 g/mol. The number of nitrogens with two attached hydrogens (primary N) is 1. The minimum absolute atomic E-state index is 0.485. The second kappa shape index (κ2) is 5.04. The first kappa shape index (κ1) is 11.6. The third-order valence-corrected chi connectivity index (χ3v) is 3.04. The van der Waals surface area contributed by atoms with Crippen LogP contribution in [0.15, 0.2) is 60.9 Å². The lowest BCUT2D eigenvalue weighted by Gasteiger charge is -2.10. The van der Waals surface area contributed by atoms with Gasteiger partial charge in [0.05, 0.1) is 18.1 Å². The molecule has 1 heterocycles. The maximum absolute atomic E-state index is 5.86. The highest BCUT2D eigenvalue weighted by Crippen LogP contribution is 2.25. The van der Waals surface area contributed by atoms with Crippen molar-refractivity contribution in [3.8, 4) is 16.8 Å². The molecule has 0 spiro atoms. The fourth-order valence-corrected chi connectivity index (χ4v) is 2.12. The molecule has 0 amide bonds. The number of nitrogens with zero attached hydrogens (tertiary/aromatic N) is 3. The van der Waals surface area contributed by atoms with Crippen LogP contribution in [-0.2, 0) is 6.54 Å². The quantitative estimate of drug-likeness (QED) is 0.776. The Balaban J connectivity index is 2.08. The molecule has 4 heteroatoms. The highest BCUT2D eigenvalue weighted by molar-refractivity contribution is 5.68. The normalized spacial score (nSPS) is 10.6. The number of hydrogen-bond donors (Lipinski definition) is 1. The van der Waals surface area contributed by atoms with Gasteiger partial charge in [-0.3, -0.25) is 0 Å². The summed E-state index contributed by atoms with van der Waals surface area (Å²) in [6.45, 7) is 0.485. The van der Waals surface area contributed by atoms with E-state index in [0.717, 1.165) is 16.8 Å². The molecule has 0 atom stereocenters. The zero-order valence-corrected chi connectivity index (χ0v) is 10.4. The van der Waals surface area contributed by atoms with Crippen molar-refractivity contribution in [2.75, 3.05) is 0 Å². The number of benzene rings is 2. The highest BCUT2D eigenvalue weighted by atomic mass is 15.5. The van der Waals surface area contributed by atoms with Gasteiger partial charge in [0.1, 0.15) is 0 Å². The molecule has 0 unspecified atom stereocenters. The Morgan fingerprint density at radius 2 is 1.68 bits per heavy atom. The zero-order chi connectivity index (χ0) is 13.1. The fourth-order valence-electron chi connectivity index (χ4n) is 2.12. The lowest BCUT2D eigenvalue weighted by molar-refractivity contribution is 0.750. The van der Waals surface area contributed by atoms with Crippen LogP contribution in [0.4, 0.5) is 0 Å². The van der Waals surface area contributed by atoms with Crippen LogP contribution in [0.25, 0.3) is 16.8 Å². The van der Waals surface area contributed by atoms with Crippen LogP contribution in [0.3, 0.4) is 0 Å². The molecule has 0 aliphatic rings. The smallest absolute Gasteiger partial charge is 0.0860 e. The average Bonchev–Trinajstić information content (AvgIpc) is 3.02. The van der Waals surface area contributed by atoms with Gasteiger partial charge >= 0.3 is 0 Å². The van der Waals surface area contributed by atoms with Gasteiger partial charge in [0.15, 0.2) is 0 Å². The summed E-state index contributed by atoms with van der Waals surface area (Å²) < 4.78 is 0. The maximum Gasteiger partial charge on any atom is 0.0860 e. The summed E-state index contributed by atoms with van der Waals surface area (Å²) in [5, 5.41) is 8.26. The van der Waals surface area contributed by atoms with Gasteiger partial charge in [0.25, 0.3) is 0 Å². The molecule has 0 fully saturated rings. The minimum Gasteiger partial charge on any atom is -0.326 e. The third-order valence-electron chi connectivity index (χ3n) is 3.04. The molecule has 0 aliphatic carbocycles. The van der Waals surface area contributed by atoms with E-state index in [4.69, 9.17) is 5.73 Å². The van der Waals surface area contributed by atoms with Crippen molar-refractivity contribution < 1.29 is 0 Å². The molecule has 3 aromatic rings. The predicted octanol–water partition coefficient (Wildman–Crippen LogP) is 2.39. The van der Waals surface area contributed by atoms with Crippen molar-refractivity contribution >= 4 is 0 Å². The molecule has 0 radical (unpaired) electrons. The van der Waals surface area contributed by atoms with Gasteiger partial charge in [-0.25, -0.2) is 0 Å². The zero-order valence-electron chi connectivity index (χ0n) is 10.4. The Kier molecular flexibility index (Phi) is 3.08. The molecule has 0 saturated heterocycles. The first-order chi connectivity index (χ1) is 9.38. The molecule has 2 N–H and O–H groups in total. The van der Waals surface area contributed by atoms with Gasteiger partial charge < -0.3 is 5.73 Å². The average molecular weight is 250 g/mol. The van der Waals surface area contributed by atoms with Crippen LogP contribution >= 0.6 is 0 Å². The summed E-state index contributed by atoms with van der Waals surface area (Å²) in [5.41, 5.74) is 10.2. The van der Waals surface area contributed by atoms with E-state index < -0.39 is 0 Å². The first-order valence-corrected chi connectivity index (χ1v) is 6.13. The Morgan fingerprint density at radius 1 is 0.947 bits per heavy atom. The van der Waals surface area contributed by atoms with Crippen molar-refractivity contribution in [2.24, 2.45) is 5.73 Å². The van der Waals surface area contributed by atoms with Gasteiger partial charge in [0, 0.05) is 6.54 Å². The van der Waals surface area contributed by atoms with Gasteiger partial charge in [0.2, 0.25) is 0 Å². The summed E-state index contributed by atoms with van der Waals surface area (Å²) in [6.07, 6.45) is 3.32. The predicted molar refractivity (Wildman–Crippen MR) is 74.7 cm³/mol. The van der Waals surface area contributed by atoms with E-state index in [1.165, 1.54) is 5.56 Å². The Labute approximate surface area is 111 Å². The number of rotatable bonds is 3. The van der Waals surface area contributed by atoms with Crippen LogP contribution in [0, 0.1) is 0 Å². The second-order valence-electron chi connectivity index (χ2n) is 4.23. The Morgan fingerprint density at radius 3 is 2.37 bits per heavy atom. The van der Waals surface area contributed by atoms with Crippen LogP contribution in [0.5, 0.6) is 0 Å². The third kappa shape index (κ3) is 2.26. The van der Waals surface area contributed by atoms with Crippen molar-refractivity contribution in [3.05, 3.63) is 66.5 Å². The molecule has 0 saturated carbocycles. The van der Waals surface area contributed by atoms with Crippen LogP contribution in [-0.4, -0.2) is 15.0 Å². The van der Waals surface area contributed by atoms with Gasteiger partial charge in [-0.1, -0.05) is 36.4 Å². The fraction of sp³-hybridized carbons (Fsp3) is 0.0667. The van der Waals surface area contributed by atoms with E-state index in [1.807, 2.05) is 30.3 Å². The van der Waals surface area contributed by atoms with E-state index in [9.17, 15) is 0 Å². The van der Waals surface area contributed by atoms with Crippen LogP contribution in [0.1, 0.15) is 5.56 Å². The second-order valence-corrected chi connectivity index (χ2v) is 4.23. The molecule has 1 aromatic heterocycles. The molecule has 4 nitrogen and oxygen atoms in total. The molecule has 3 rings (SSSR count). The molecule has 19 heavy (non-hydrogen) atoms. The van der Waals surface area contributed by atoms with E-state index >= 15 is 0 Å². The summed E-state index contributed by atoms with van der Waals surface area (Å²) in [4.78, 5) is 1.59. The van der Waals surface area contributed by atoms with Crippen LogP contribution in [0.2, 0.25) is 0 Å². The van der Waals surface area contributed by atoms with E-state index in [0.29, 0.717) is 6.54 Å². The maximum atomic E-state index is 5.86. The summed E-state index contributed by atoms with van der Waals surface area (Å²) in [6, 6.07) is 16.3. The summed E-state index contributed by atoms with van der Waals surface area (Å²) in [5.74, 6) is 0. The van der Waals surface area contributed by atoms with Gasteiger partial charge in [-0.2, -0.15) is 15.0 Å². The lowest BCUT2D eigenvalue weighted by atomic mass is 9.99. The van der Waals surface area contributed by atoms with Crippen molar-refractivity contribution in [3.63, 3.8) is 0 Å². The molecule has 0 bridgehead atoms. The largest absolute Gasteiger partial charge is 0.326 e. The number of aromatic nitrogens is 3. The molecule has 0 aliphatic heterocycles. The van der Waals surface area contributed by atoms with Gasteiger partial charge in [-0.05, 0) is 28.8 Å². The Bertz CT molecular complexity index is 660. The molecular formula is C15H14N4. The van der Waals surface area contributed by atoms with E-state index in [2.05, 4.69) is 28.4 Å². The summed E-state index contributed by atoms with van der Waals surface area (Å²) >= 11 is 0. The van der Waals surface area contributed by atoms with E-state index in [1.54, 1.807) is 17.2 Å². The highest BCUT2D eigenvalue weighted by Gasteiger charge is 2.06. The van der Waals surface area contributed by atoms with Gasteiger partial charge in [-0.15, -0.1) is 0 Å². The molecule has 94 valence electrons. The molecular weight excluding hydrogens is 236 g/mol.